The van der Waals surface area contributed by atoms with Crippen molar-refractivity contribution in [2.45, 2.75) is 71.3 Å². The first-order valence-corrected chi connectivity index (χ1v) is 8.90. The summed E-state index contributed by atoms with van der Waals surface area (Å²) in [4.78, 5) is 11.8. The summed E-state index contributed by atoms with van der Waals surface area (Å²) in [7, 11) is 0. The lowest BCUT2D eigenvalue weighted by Gasteiger charge is -2.28. The van der Waals surface area contributed by atoms with Crippen LogP contribution in [0.25, 0.3) is 0 Å². The molecular formula is C20H27ClO3. The Bertz CT molecular complexity index is 659. The van der Waals surface area contributed by atoms with Gasteiger partial charge in [0.25, 0.3) is 0 Å². The number of aromatic hydroxyl groups is 1. The summed E-state index contributed by atoms with van der Waals surface area (Å²) in [6.45, 7) is 9.54. The highest BCUT2D eigenvalue weighted by molar-refractivity contribution is 6.65. The van der Waals surface area contributed by atoms with Gasteiger partial charge < -0.3 is 9.84 Å². The van der Waals surface area contributed by atoms with Gasteiger partial charge in [-0.2, -0.15) is 0 Å². The SMILES string of the molecule is CC1=CCCC(c2c(O)cc(C(C)(C)C(=O)Cl)cc2OC(C)C)C1. The summed E-state index contributed by atoms with van der Waals surface area (Å²) in [5.74, 6) is 1.08. The average molecular weight is 351 g/mol. The molecule has 4 heteroatoms. The lowest BCUT2D eigenvalue weighted by atomic mass is 9.80. The molecular weight excluding hydrogens is 324 g/mol. The van der Waals surface area contributed by atoms with Crippen LogP contribution in [0.15, 0.2) is 23.8 Å². The lowest BCUT2D eigenvalue weighted by molar-refractivity contribution is -0.115. The van der Waals surface area contributed by atoms with E-state index < -0.39 is 10.7 Å². The smallest absolute Gasteiger partial charge is 0.231 e. The number of hydrogen-bond donors (Lipinski definition) is 1. The van der Waals surface area contributed by atoms with Crippen LogP contribution in [0.1, 0.15) is 70.9 Å². The maximum absolute atomic E-state index is 11.8. The van der Waals surface area contributed by atoms with E-state index in [0.717, 1.165) is 24.8 Å². The van der Waals surface area contributed by atoms with Gasteiger partial charge in [0.1, 0.15) is 11.5 Å². The van der Waals surface area contributed by atoms with Crippen LogP contribution in [0.5, 0.6) is 11.5 Å². The summed E-state index contributed by atoms with van der Waals surface area (Å²) in [5.41, 5.74) is 1.97. The molecule has 0 amide bonds. The van der Waals surface area contributed by atoms with Gasteiger partial charge in [-0.25, -0.2) is 0 Å². The molecule has 0 saturated heterocycles. The van der Waals surface area contributed by atoms with Gasteiger partial charge in [-0.3, -0.25) is 4.79 Å². The molecule has 24 heavy (non-hydrogen) atoms. The average Bonchev–Trinajstić information content (AvgIpc) is 2.45. The van der Waals surface area contributed by atoms with Crippen molar-refractivity contribution in [3.8, 4) is 11.5 Å². The third-order valence-corrected chi connectivity index (χ3v) is 5.15. The van der Waals surface area contributed by atoms with Crippen LogP contribution in [0.3, 0.4) is 0 Å². The highest BCUT2D eigenvalue weighted by Gasteiger charge is 2.32. The molecule has 1 aliphatic carbocycles. The quantitative estimate of drug-likeness (QED) is 0.568. The van der Waals surface area contributed by atoms with Crippen LogP contribution in [0, 0.1) is 0 Å². The Morgan fingerprint density at radius 1 is 1.38 bits per heavy atom. The minimum Gasteiger partial charge on any atom is -0.508 e. The molecule has 1 unspecified atom stereocenters. The second-order valence-electron chi connectivity index (χ2n) is 7.50. The summed E-state index contributed by atoms with van der Waals surface area (Å²) in [6, 6.07) is 3.53. The predicted molar refractivity (Wildman–Crippen MR) is 98.1 cm³/mol. The monoisotopic (exact) mass is 350 g/mol. The fourth-order valence-electron chi connectivity index (χ4n) is 3.20. The molecule has 0 radical (unpaired) electrons. The summed E-state index contributed by atoms with van der Waals surface area (Å²) < 4.78 is 6.00. The number of ether oxygens (including phenoxy) is 1. The van der Waals surface area contributed by atoms with E-state index in [4.69, 9.17) is 16.3 Å². The van der Waals surface area contributed by atoms with E-state index in [1.807, 2.05) is 19.9 Å². The third-order valence-electron chi connectivity index (χ3n) is 4.68. The van der Waals surface area contributed by atoms with E-state index in [-0.39, 0.29) is 17.8 Å². The number of phenolic OH excluding ortho intramolecular Hbond substituents is 1. The van der Waals surface area contributed by atoms with Crippen LogP contribution < -0.4 is 4.74 Å². The van der Waals surface area contributed by atoms with Gasteiger partial charge in [-0.05, 0) is 89.1 Å². The Labute approximate surface area is 149 Å². The Kier molecular flexibility index (Phi) is 5.64. The Morgan fingerprint density at radius 2 is 2.04 bits per heavy atom. The number of rotatable bonds is 5. The first kappa shape index (κ1) is 18.9. The van der Waals surface area contributed by atoms with Crippen molar-refractivity contribution in [2.75, 3.05) is 0 Å². The molecule has 132 valence electrons. The van der Waals surface area contributed by atoms with Crippen LogP contribution in [-0.2, 0) is 10.2 Å². The van der Waals surface area contributed by atoms with Crippen molar-refractivity contribution in [1.29, 1.82) is 0 Å². The molecule has 0 fully saturated rings. The fourth-order valence-corrected chi connectivity index (χ4v) is 3.31. The van der Waals surface area contributed by atoms with E-state index in [2.05, 4.69) is 13.0 Å². The minimum atomic E-state index is -0.880. The van der Waals surface area contributed by atoms with Gasteiger partial charge in [0.05, 0.1) is 11.5 Å². The van der Waals surface area contributed by atoms with Crippen LogP contribution in [-0.4, -0.2) is 16.5 Å². The van der Waals surface area contributed by atoms with E-state index in [1.54, 1.807) is 19.9 Å². The Hall–Kier alpha value is -1.48. The van der Waals surface area contributed by atoms with Gasteiger partial charge in [0, 0.05) is 5.56 Å². The van der Waals surface area contributed by atoms with Gasteiger partial charge in [0.2, 0.25) is 5.24 Å². The molecule has 3 nitrogen and oxygen atoms in total. The number of halogens is 1. The number of phenols is 1. The third kappa shape index (κ3) is 3.94. The largest absolute Gasteiger partial charge is 0.508 e. The lowest BCUT2D eigenvalue weighted by Crippen LogP contribution is -2.25. The topological polar surface area (TPSA) is 46.5 Å². The minimum absolute atomic E-state index is 0.0200. The molecule has 1 aromatic carbocycles. The van der Waals surface area contributed by atoms with Crippen molar-refractivity contribution >= 4 is 16.8 Å². The van der Waals surface area contributed by atoms with Crippen molar-refractivity contribution < 1.29 is 14.6 Å². The second-order valence-corrected chi connectivity index (χ2v) is 7.84. The van der Waals surface area contributed by atoms with Crippen molar-refractivity contribution in [2.24, 2.45) is 0 Å². The van der Waals surface area contributed by atoms with E-state index in [1.165, 1.54) is 5.57 Å². The molecule has 0 spiro atoms. The number of carbonyl (C=O) groups is 1. The zero-order valence-corrected chi connectivity index (χ0v) is 15.9. The van der Waals surface area contributed by atoms with Crippen molar-refractivity contribution in [1.82, 2.24) is 0 Å². The zero-order chi connectivity index (χ0) is 18.1. The molecule has 1 N–H and O–H groups in total. The van der Waals surface area contributed by atoms with Crippen LogP contribution >= 0.6 is 11.6 Å². The maximum Gasteiger partial charge on any atom is 0.231 e. The number of allylic oxidation sites excluding steroid dienone is 2. The fraction of sp³-hybridized carbons (Fsp3) is 0.550. The first-order valence-electron chi connectivity index (χ1n) is 8.52. The summed E-state index contributed by atoms with van der Waals surface area (Å²) >= 11 is 5.75. The highest BCUT2D eigenvalue weighted by Crippen LogP contribution is 2.45. The van der Waals surface area contributed by atoms with Gasteiger partial charge in [0.15, 0.2) is 0 Å². The second kappa shape index (κ2) is 7.18. The summed E-state index contributed by atoms with van der Waals surface area (Å²) in [5, 5.41) is 10.3. The van der Waals surface area contributed by atoms with Crippen LogP contribution in [0.4, 0.5) is 0 Å². The van der Waals surface area contributed by atoms with E-state index >= 15 is 0 Å². The molecule has 0 saturated carbocycles. The van der Waals surface area contributed by atoms with Gasteiger partial charge in [-0.1, -0.05) is 11.6 Å². The zero-order valence-electron chi connectivity index (χ0n) is 15.1. The Morgan fingerprint density at radius 3 is 2.58 bits per heavy atom. The number of benzene rings is 1. The molecule has 0 heterocycles. The van der Waals surface area contributed by atoms with Gasteiger partial charge >= 0.3 is 0 Å². The first-order chi connectivity index (χ1) is 11.1. The van der Waals surface area contributed by atoms with E-state index in [0.29, 0.717) is 11.3 Å². The van der Waals surface area contributed by atoms with Crippen molar-refractivity contribution in [3.05, 3.63) is 34.9 Å². The summed E-state index contributed by atoms with van der Waals surface area (Å²) in [6.07, 6.45) is 5.13. The molecule has 1 aliphatic rings. The van der Waals surface area contributed by atoms with Gasteiger partial charge in [-0.15, -0.1) is 0 Å². The molecule has 1 atom stereocenters. The molecule has 2 rings (SSSR count). The molecule has 1 aromatic rings. The predicted octanol–water partition coefficient (Wildman–Crippen LogP) is 5.44. The van der Waals surface area contributed by atoms with E-state index in [9.17, 15) is 9.90 Å². The maximum atomic E-state index is 11.8. The number of hydrogen-bond acceptors (Lipinski definition) is 3. The number of carbonyl (C=O) groups excluding carboxylic acids is 1. The normalized spacial score (nSPS) is 18.5. The standard InChI is InChI=1S/C20H27ClO3/c1-12(2)24-17-11-15(20(4,5)19(21)23)10-16(22)18(17)14-8-6-7-13(3)9-14/h7,10-12,14,22H,6,8-9H2,1-5H3. The molecule has 0 aromatic heterocycles. The highest BCUT2D eigenvalue weighted by atomic mass is 35.5. The van der Waals surface area contributed by atoms with Crippen molar-refractivity contribution in [3.63, 3.8) is 0 Å². The molecule has 0 bridgehead atoms. The molecule has 0 aliphatic heterocycles. The Balaban J connectivity index is 2.54. The van der Waals surface area contributed by atoms with Crippen LogP contribution in [0.2, 0.25) is 0 Å².